The van der Waals surface area contributed by atoms with Gasteiger partial charge in [-0.05, 0) is 12.5 Å². The van der Waals surface area contributed by atoms with Crippen LogP contribution in [-0.2, 0) is 3.79 Å². The van der Waals surface area contributed by atoms with E-state index < -0.39 is 3.79 Å². The summed E-state index contributed by atoms with van der Waals surface area (Å²) < 4.78 is 3.23. The van der Waals surface area contributed by atoms with Gasteiger partial charge in [-0.1, -0.05) is 58.0 Å². The summed E-state index contributed by atoms with van der Waals surface area (Å²) in [6, 6.07) is 0. The lowest BCUT2D eigenvalue weighted by Gasteiger charge is -2.16. The number of alkyl halides is 3. The van der Waals surface area contributed by atoms with Crippen LogP contribution < -0.4 is 4.74 Å². The van der Waals surface area contributed by atoms with Crippen molar-refractivity contribution in [1.82, 2.24) is 4.98 Å². The Morgan fingerprint density at radius 1 is 1.13 bits per heavy atom. The van der Waals surface area contributed by atoms with Crippen LogP contribution in [0.3, 0.4) is 0 Å². The monoisotopic (exact) mass is 307 g/mol. The second-order valence-electron chi connectivity index (χ2n) is 2.72. The predicted molar refractivity (Wildman–Crippen MR) is 64.8 cm³/mol. The van der Waals surface area contributed by atoms with E-state index in [4.69, 9.17) is 62.7 Å². The van der Waals surface area contributed by atoms with Crippen molar-refractivity contribution in [3.8, 4) is 5.88 Å². The van der Waals surface area contributed by atoms with Crippen molar-refractivity contribution >= 4 is 58.0 Å². The zero-order valence-electron chi connectivity index (χ0n) is 7.75. The Morgan fingerprint density at radius 3 is 2.07 bits per heavy atom. The second kappa shape index (κ2) is 4.72. The van der Waals surface area contributed by atoms with Gasteiger partial charge in [0, 0.05) is 0 Å². The summed E-state index contributed by atoms with van der Waals surface area (Å²) in [5.41, 5.74) is 0.666. The first-order valence-corrected chi connectivity index (χ1v) is 5.64. The van der Waals surface area contributed by atoms with Gasteiger partial charge in [-0.3, -0.25) is 0 Å². The molecule has 1 aromatic heterocycles. The van der Waals surface area contributed by atoms with Gasteiger partial charge >= 0.3 is 0 Å². The van der Waals surface area contributed by atoms with E-state index >= 15 is 0 Å². The van der Waals surface area contributed by atoms with Crippen LogP contribution in [-0.4, -0.2) is 12.1 Å². The Kier molecular flexibility index (Phi) is 4.24. The van der Waals surface area contributed by atoms with Gasteiger partial charge in [-0.25, -0.2) is 4.98 Å². The molecule has 0 bridgehead atoms. The Labute approximate surface area is 112 Å². The number of pyridine rings is 1. The minimum absolute atomic E-state index is 0.105. The molecule has 0 amide bonds. The zero-order chi connectivity index (χ0) is 11.8. The molecular weight excluding hydrogens is 303 g/mol. The second-order valence-corrected chi connectivity index (χ2v) is 5.76. The molecule has 0 fully saturated rings. The molecule has 0 saturated carbocycles. The number of aromatic nitrogens is 1. The first-order chi connectivity index (χ1) is 6.79. The average Bonchev–Trinajstić information content (AvgIpc) is 2.13. The highest BCUT2D eigenvalue weighted by molar-refractivity contribution is 6.67. The Hall–Kier alpha value is 0.400. The molecule has 0 radical (unpaired) electrons. The van der Waals surface area contributed by atoms with E-state index in [1.54, 1.807) is 6.92 Å². The van der Waals surface area contributed by atoms with Gasteiger partial charge in [0.25, 0.3) is 0 Å². The van der Waals surface area contributed by atoms with Crippen molar-refractivity contribution in [3.63, 3.8) is 0 Å². The van der Waals surface area contributed by atoms with Crippen molar-refractivity contribution in [2.45, 2.75) is 10.7 Å². The molecule has 0 aliphatic rings. The fraction of sp³-hybridized carbons (Fsp3) is 0.375. The van der Waals surface area contributed by atoms with E-state index in [0.717, 1.165) is 0 Å². The number of rotatable bonds is 1. The fourth-order valence-electron chi connectivity index (χ4n) is 0.957. The molecule has 1 aromatic rings. The Morgan fingerprint density at radius 2 is 1.67 bits per heavy atom. The van der Waals surface area contributed by atoms with Crippen LogP contribution in [0, 0.1) is 6.92 Å². The molecular formula is C8H6Cl5NO. The van der Waals surface area contributed by atoms with Crippen molar-refractivity contribution in [2.75, 3.05) is 7.11 Å². The van der Waals surface area contributed by atoms with Gasteiger partial charge in [-0.2, -0.15) is 0 Å². The first kappa shape index (κ1) is 13.5. The first-order valence-electron chi connectivity index (χ1n) is 3.75. The molecule has 0 aliphatic heterocycles. The lowest BCUT2D eigenvalue weighted by molar-refractivity contribution is 0.396. The molecule has 84 valence electrons. The third-order valence-electron chi connectivity index (χ3n) is 1.73. The lowest BCUT2D eigenvalue weighted by Crippen LogP contribution is -2.07. The summed E-state index contributed by atoms with van der Waals surface area (Å²) in [4.78, 5) is 3.94. The van der Waals surface area contributed by atoms with Gasteiger partial charge < -0.3 is 4.74 Å². The highest BCUT2D eigenvalue weighted by atomic mass is 35.6. The summed E-state index contributed by atoms with van der Waals surface area (Å²) in [6.07, 6.45) is 0. The van der Waals surface area contributed by atoms with Crippen molar-refractivity contribution in [2.24, 2.45) is 0 Å². The van der Waals surface area contributed by atoms with Gasteiger partial charge in [0.1, 0.15) is 10.7 Å². The van der Waals surface area contributed by atoms with E-state index in [1.807, 2.05) is 0 Å². The molecule has 0 saturated heterocycles. The predicted octanol–water partition coefficient (Wildman–Crippen LogP) is 4.53. The summed E-state index contributed by atoms with van der Waals surface area (Å²) in [5.74, 6) is 0.180. The number of hydrogen-bond acceptors (Lipinski definition) is 2. The van der Waals surface area contributed by atoms with Crippen molar-refractivity contribution < 1.29 is 4.74 Å². The van der Waals surface area contributed by atoms with Gasteiger partial charge in [-0.15, -0.1) is 0 Å². The number of nitrogens with zero attached hydrogens (tertiary/aromatic N) is 1. The molecule has 0 atom stereocenters. The number of hydrogen-bond donors (Lipinski definition) is 0. The Bertz CT molecular complexity index is 388. The van der Waals surface area contributed by atoms with E-state index in [2.05, 4.69) is 4.98 Å². The maximum absolute atomic E-state index is 5.96. The summed E-state index contributed by atoms with van der Waals surface area (Å²) in [7, 11) is 1.42. The maximum atomic E-state index is 5.96. The molecule has 2 nitrogen and oxygen atoms in total. The minimum atomic E-state index is -1.71. The molecule has 0 unspecified atom stereocenters. The molecule has 0 spiro atoms. The quantitative estimate of drug-likeness (QED) is 0.711. The third-order valence-corrected chi connectivity index (χ3v) is 3.17. The van der Waals surface area contributed by atoms with Crippen LogP contribution in [0.4, 0.5) is 0 Å². The Balaban J connectivity index is 3.49. The molecule has 0 aromatic carbocycles. The highest BCUT2D eigenvalue weighted by Crippen LogP contribution is 2.44. The van der Waals surface area contributed by atoms with Gasteiger partial charge in [0.2, 0.25) is 9.67 Å². The zero-order valence-corrected chi connectivity index (χ0v) is 11.5. The normalized spacial score (nSPS) is 11.7. The summed E-state index contributed by atoms with van der Waals surface area (Å²) in [6.45, 7) is 1.69. The van der Waals surface area contributed by atoms with Gasteiger partial charge in [0.05, 0.1) is 12.1 Å². The van der Waals surface area contributed by atoms with Crippen LogP contribution in [0.2, 0.25) is 10.0 Å². The number of methoxy groups -OCH3 is 1. The summed E-state index contributed by atoms with van der Waals surface area (Å²) >= 11 is 29.0. The average molecular weight is 309 g/mol. The van der Waals surface area contributed by atoms with Gasteiger partial charge in [0.15, 0.2) is 0 Å². The summed E-state index contributed by atoms with van der Waals surface area (Å²) in [5, 5.41) is 0.529. The standard InChI is InChI=1S/C8H6Cl5NO/c1-3-4(9)6(8(11,12)13)14-7(15-2)5(3)10/h1-2H3. The van der Waals surface area contributed by atoms with Crippen molar-refractivity contribution in [3.05, 3.63) is 21.3 Å². The van der Waals surface area contributed by atoms with E-state index in [-0.39, 0.29) is 16.6 Å². The van der Waals surface area contributed by atoms with E-state index in [9.17, 15) is 0 Å². The number of halogens is 5. The van der Waals surface area contributed by atoms with E-state index in [1.165, 1.54) is 7.11 Å². The largest absolute Gasteiger partial charge is 0.480 e. The molecule has 1 rings (SSSR count). The van der Waals surface area contributed by atoms with Crippen LogP contribution in [0.1, 0.15) is 11.3 Å². The topological polar surface area (TPSA) is 22.1 Å². The molecule has 7 heteroatoms. The van der Waals surface area contributed by atoms with Crippen LogP contribution in [0.5, 0.6) is 5.88 Å². The third kappa shape index (κ3) is 2.75. The van der Waals surface area contributed by atoms with Crippen LogP contribution in [0.25, 0.3) is 0 Å². The fourth-order valence-corrected chi connectivity index (χ4v) is 2.05. The molecule has 1 heterocycles. The smallest absolute Gasteiger partial charge is 0.234 e. The van der Waals surface area contributed by atoms with E-state index in [0.29, 0.717) is 10.6 Å². The molecule has 0 N–H and O–H groups in total. The minimum Gasteiger partial charge on any atom is -0.480 e. The highest BCUT2D eigenvalue weighted by Gasteiger charge is 2.30. The lowest BCUT2D eigenvalue weighted by atomic mass is 10.2. The van der Waals surface area contributed by atoms with Crippen LogP contribution in [0.15, 0.2) is 0 Å². The maximum Gasteiger partial charge on any atom is 0.234 e. The van der Waals surface area contributed by atoms with Crippen LogP contribution >= 0.6 is 58.0 Å². The number of ether oxygens (including phenoxy) is 1. The molecule has 15 heavy (non-hydrogen) atoms. The SMILES string of the molecule is COc1nc(C(Cl)(Cl)Cl)c(Cl)c(C)c1Cl. The molecule has 0 aliphatic carbocycles. The van der Waals surface area contributed by atoms with Crippen molar-refractivity contribution in [1.29, 1.82) is 0 Å².